The Morgan fingerprint density at radius 1 is 0.931 bits per heavy atom. The quantitative estimate of drug-likeness (QED) is 0.570. The molecule has 0 aliphatic rings. The maximum atomic E-state index is 13.2. The van der Waals surface area contributed by atoms with Crippen molar-refractivity contribution >= 4 is 17.0 Å². The fourth-order valence-corrected chi connectivity index (χ4v) is 3.60. The van der Waals surface area contributed by atoms with Crippen LogP contribution in [0.5, 0.6) is 0 Å². The number of hydrogen-bond acceptors (Lipinski definition) is 3. The Labute approximate surface area is 168 Å². The van der Waals surface area contributed by atoms with Gasteiger partial charge in [-0.05, 0) is 37.1 Å². The molecule has 0 atom stereocenters. The van der Waals surface area contributed by atoms with Crippen molar-refractivity contribution in [3.05, 3.63) is 105 Å². The first-order valence-corrected chi connectivity index (χ1v) is 9.46. The van der Waals surface area contributed by atoms with E-state index in [1.165, 1.54) is 4.57 Å². The van der Waals surface area contributed by atoms with Gasteiger partial charge in [-0.25, -0.2) is 4.79 Å². The zero-order valence-corrected chi connectivity index (χ0v) is 16.6. The third-order valence-electron chi connectivity index (χ3n) is 5.09. The van der Waals surface area contributed by atoms with E-state index in [4.69, 9.17) is 4.42 Å². The number of amides is 1. The highest BCUT2D eigenvalue weighted by Gasteiger charge is 2.21. The van der Waals surface area contributed by atoms with Crippen molar-refractivity contribution in [3.63, 3.8) is 0 Å². The summed E-state index contributed by atoms with van der Waals surface area (Å²) in [6, 6.07) is 21.0. The minimum absolute atomic E-state index is 0.294. The molecule has 0 unspecified atom stereocenters. The summed E-state index contributed by atoms with van der Waals surface area (Å²) in [5.41, 5.74) is 5.44. The van der Waals surface area contributed by atoms with Crippen molar-refractivity contribution in [1.29, 1.82) is 0 Å². The standard InChI is InChI=1S/C24H22N2O3/c1-15-7-4-9-17(13-15)21(18-10-5-8-16(2)14-18)25-23(27)19-11-6-12-20-22(19)29-24(28)26(20)3/h4-14,21H,1-3H3,(H,25,27). The Morgan fingerprint density at radius 2 is 1.52 bits per heavy atom. The fourth-order valence-electron chi connectivity index (χ4n) is 3.60. The number of carbonyl (C=O) groups is 1. The Kier molecular flexibility index (Phi) is 4.80. The molecule has 5 heteroatoms. The monoisotopic (exact) mass is 386 g/mol. The van der Waals surface area contributed by atoms with Gasteiger partial charge in [0.2, 0.25) is 0 Å². The van der Waals surface area contributed by atoms with Gasteiger partial charge in [0.25, 0.3) is 5.91 Å². The second-order valence-electron chi connectivity index (χ2n) is 7.32. The van der Waals surface area contributed by atoms with Gasteiger partial charge in [-0.1, -0.05) is 65.7 Å². The van der Waals surface area contributed by atoms with Gasteiger partial charge in [-0.2, -0.15) is 0 Å². The minimum atomic E-state index is -0.492. The van der Waals surface area contributed by atoms with Crippen LogP contribution in [0.15, 0.2) is 75.9 Å². The number of carbonyl (C=O) groups excluding carboxylic acids is 1. The van der Waals surface area contributed by atoms with Gasteiger partial charge in [-0.15, -0.1) is 0 Å². The van der Waals surface area contributed by atoms with Gasteiger partial charge in [-0.3, -0.25) is 9.36 Å². The van der Waals surface area contributed by atoms with E-state index in [2.05, 4.69) is 17.4 Å². The molecule has 1 N–H and O–H groups in total. The third kappa shape index (κ3) is 3.59. The van der Waals surface area contributed by atoms with E-state index in [1.807, 2.05) is 50.2 Å². The average molecular weight is 386 g/mol. The Balaban J connectivity index is 1.78. The van der Waals surface area contributed by atoms with Crippen molar-refractivity contribution in [2.45, 2.75) is 19.9 Å². The predicted octanol–water partition coefficient (Wildman–Crippen LogP) is 4.27. The summed E-state index contributed by atoms with van der Waals surface area (Å²) < 4.78 is 6.72. The number of benzene rings is 3. The van der Waals surface area contributed by atoms with Crippen LogP contribution in [0.3, 0.4) is 0 Å². The van der Waals surface area contributed by atoms with Crippen LogP contribution < -0.4 is 11.1 Å². The molecule has 1 aromatic heterocycles. The summed E-state index contributed by atoms with van der Waals surface area (Å²) in [5.74, 6) is -0.785. The number of nitrogens with one attached hydrogen (secondary N) is 1. The molecular weight excluding hydrogens is 364 g/mol. The minimum Gasteiger partial charge on any atom is -0.407 e. The summed E-state index contributed by atoms with van der Waals surface area (Å²) in [7, 11) is 1.62. The summed E-state index contributed by atoms with van der Waals surface area (Å²) in [6.45, 7) is 4.05. The molecule has 0 aliphatic heterocycles. The summed E-state index contributed by atoms with van der Waals surface area (Å²) in [6.07, 6.45) is 0. The van der Waals surface area contributed by atoms with E-state index in [0.29, 0.717) is 16.7 Å². The molecule has 0 spiro atoms. The lowest BCUT2D eigenvalue weighted by Gasteiger charge is -2.21. The first-order chi connectivity index (χ1) is 13.9. The van der Waals surface area contributed by atoms with Crippen LogP contribution in [0.1, 0.15) is 38.7 Å². The molecular formula is C24H22N2O3. The lowest BCUT2D eigenvalue weighted by Crippen LogP contribution is -2.29. The molecule has 29 heavy (non-hydrogen) atoms. The molecule has 0 aliphatic carbocycles. The second-order valence-corrected chi connectivity index (χ2v) is 7.32. The first kappa shape index (κ1) is 18.7. The van der Waals surface area contributed by atoms with Gasteiger partial charge >= 0.3 is 5.76 Å². The van der Waals surface area contributed by atoms with Crippen LogP contribution in [0.4, 0.5) is 0 Å². The smallest absolute Gasteiger partial charge is 0.407 e. The predicted molar refractivity (Wildman–Crippen MR) is 113 cm³/mol. The van der Waals surface area contributed by atoms with Crippen LogP contribution in [-0.4, -0.2) is 10.5 Å². The molecule has 0 saturated carbocycles. The van der Waals surface area contributed by atoms with Crippen molar-refractivity contribution < 1.29 is 9.21 Å². The van der Waals surface area contributed by atoms with E-state index >= 15 is 0 Å². The molecule has 5 nitrogen and oxygen atoms in total. The molecule has 146 valence electrons. The molecule has 4 rings (SSSR count). The van der Waals surface area contributed by atoms with Crippen LogP contribution in [0, 0.1) is 13.8 Å². The molecule has 0 bridgehead atoms. The Morgan fingerprint density at radius 3 is 2.10 bits per heavy atom. The van der Waals surface area contributed by atoms with Crippen LogP contribution in [0.2, 0.25) is 0 Å². The van der Waals surface area contributed by atoms with Gasteiger partial charge in [0.05, 0.1) is 17.1 Å². The van der Waals surface area contributed by atoms with Gasteiger partial charge in [0, 0.05) is 7.05 Å². The second kappa shape index (κ2) is 7.43. The highest BCUT2D eigenvalue weighted by Crippen LogP contribution is 2.25. The Bertz CT molecular complexity index is 1220. The SMILES string of the molecule is Cc1cccc(C(NC(=O)c2cccc3c2oc(=O)n3C)c2cccc(C)c2)c1. The third-order valence-corrected chi connectivity index (χ3v) is 5.09. The fraction of sp³-hybridized carbons (Fsp3) is 0.167. The molecule has 1 heterocycles. The number of aromatic nitrogens is 1. The highest BCUT2D eigenvalue weighted by molar-refractivity contribution is 6.04. The lowest BCUT2D eigenvalue weighted by atomic mass is 9.95. The van der Waals surface area contributed by atoms with Gasteiger partial charge in [0.15, 0.2) is 5.58 Å². The van der Waals surface area contributed by atoms with Crippen molar-refractivity contribution in [2.75, 3.05) is 0 Å². The van der Waals surface area contributed by atoms with Crippen LogP contribution in [-0.2, 0) is 7.05 Å². The molecule has 0 fully saturated rings. The number of fused-ring (bicyclic) bond motifs is 1. The van der Waals surface area contributed by atoms with Gasteiger partial charge < -0.3 is 9.73 Å². The van der Waals surface area contributed by atoms with E-state index in [9.17, 15) is 9.59 Å². The van der Waals surface area contributed by atoms with Gasteiger partial charge in [0.1, 0.15) is 0 Å². The average Bonchev–Trinajstić information content (AvgIpc) is 3.00. The normalized spacial score (nSPS) is 11.2. The highest BCUT2D eigenvalue weighted by atomic mass is 16.4. The number of aryl methyl sites for hydroxylation is 3. The maximum absolute atomic E-state index is 13.2. The summed E-state index contributed by atoms with van der Waals surface area (Å²) in [4.78, 5) is 25.1. The van der Waals surface area contributed by atoms with E-state index < -0.39 is 5.76 Å². The maximum Gasteiger partial charge on any atom is 0.419 e. The topological polar surface area (TPSA) is 64.2 Å². The Hall–Kier alpha value is -3.60. The molecule has 0 radical (unpaired) electrons. The van der Waals surface area contributed by atoms with E-state index in [1.54, 1.807) is 25.2 Å². The van der Waals surface area contributed by atoms with Crippen molar-refractivity contribution in [1.82, 2.24) is 9.88 Å². The summed E-state index contributed by atoms with van der Waals surface area (Å²) >= 11 is 0. The molecule has 1 amide bonds. The largest absolute Gasteiger partial charge is 0.419 e. The van der Waals surface area contributed by atoms with Crippen LogP contribution in [0.25, 0.3) is 11.1 Å². The lowest BCUT2D eigenvalue weighted by molar-refractivity contribution is 0.0943. The number of nitrogens with zero attached hydrogens (tertiary/aromatic N) is 1. The number of rotatable bonds is 4. The molecule has 3 aromatic carbocycles. The first-order valence-electron chi connectivity index (χ1n) is 9.46. The van der Waals surface area contributed by atoms with Crippen LogP contribution >= 0.6 is 0 Å². The number of hydrogen-bond donors (Lipinski definition) is 1. The van der Waals surface area contributed by atoms with E-state index in [-0.39, 0.29) is 11.9 Å². The number of para-hydroxylation sites is 1. The van der Waals surface area contributed by atoms with Crippen molar-refractivity contribution in [2.24, 2.45) is 7.05 Å². The zero-order valence-electron chi connectivity index (χ0n) is 16.6. The molecule has 0 saturated heterocycles. The molecule has 4 aromatic rings. The number of oxazole rings is 1. The van der Waals surface area contributed by atoms with Crippen molar-refractivity contribution in [3.8, 4) is 0 Å². The van der Waals surface area contributed by atoms with E-state index in [0.717, 1.165) is 22.3 Å². The zero-order chi connectivity index (χ0) is 20.5. The summed E-state index contributed by atoms with van der Waals surface area (Å²) in [5, 5.41) is 3.13.